The van der Waals surface area contributed by atoms with Crippen LogP contribution in [0, 0.1) is 31.6 Å². The van der Waals surface area contributed by atoms with Crippen LogP contribution in [0.4, 0.5) is 13.4 Å². The number of epoxide rings is 1. The molecular weight excluding hydrogens is 893 g/mol. The molecule has 18 heteroatoms. The molecule has 1 saturated heterocycles. The number of amides is 2. The highest BCUT2D eigenvalue weighted by Gasteiger charge is 2.52. The van der Waals surface area contributed by atoms with E-state index < -0.39 is 42.9 Å². The molecule has 1 aromatic heterocycles. The van der Waals surface area contributed by atoms with E-state index in [1.807, 2.05) is 46.8 Å². The molecule has 0 aromatic carbocycles. The first-order valence-electron chi connectivity index (χ1n) is 24.8. The highest BCUT2D eigenvalue weighted by molar-refractivity contribution is 6.58. The summed E-state index contributed by atoms with van der Waals surface area (Å²) in [5.41, 5.74) is 2.13. The summed E-state index contributed by atoms with van der Waals surface area (Å²) in [4.78, 5) is 38.2. The van der Waals surface area contributed by atoms with Crippen LogP contribution in [0.5, 0.6) is 0 Å². The summed E-state index contributed by atoms with van der Waals surface area (Å²) < 4.78 is 62.1. The lowest BCUT2D eigenvalue weighted by atomic mass is 9.88. The molecule has 0 aliphatic carbocycles. The second-order valence-corrected chi connectivity index (χ2v) is 19.5. The van der Waals surface area contributed by atoms with Crippen molar-refractivity contribution in [2.45, 2.75) is 155 Å². The molecule has 5 heterocycles. The van der Waals surface area contributed by atoms with E-state index >= 15 is 8.63 Å². The molecule has 5 N–H and O–H groups in total. The number of hydrogen-bond acceptors (Lipinski definition) is 11. The quantitative estimate of drug-likeness (QED) is 0.0198. The number of nitrogens with one attached hydrogen (secondary N) is 2. The second kappa shape index (κ2) is 25.6. The van der Waals surface area contributed by atoms with Crippen molar-refractivity contribution in [2.75, 3.05) is 39.5 Å². The van der Waals surface area contributed by atoms with E-state index in [1.54, 1.807) is 43.4 Å². The van der Waals surface area contributed by atoms with Crippen LogP contribution in [0.3, 0.4) is 0 Å². The van der Waals surface area contributed by atoms with E-state index in [9.17, 15) is 29.7 Å². The molecule has 0 saturated carbocycles. The molecule has 5 rings (SSSR count). The fraction of sp³-hybridized carbons (Fsp3) is 0.647. The van der Waals surface area contributed by atoms with Crippen LogP contribution in [0.1, 0.15) is 116 Å². The number of nitrogens with zero attached hydrogens (tertiary/aromatic N) is 2. The normalized spacial score (nSPS) is 27.6. The second-order valence-electron chi connectivity index (χ2n) is 19.5. The van der Waals surface area contributed by atoms with Gasteiger partial charge in [-0.1, -0.05) is 52.0 Å². The van der Waals surface area contributed by atoms with E-state index in [4.69, 9.17) is 23.7 Å². The van der Waals surface area contributed by atoms with Crippen LogP contribution < -0.4 is 10.6 Å². The predicted molar refractivity (Wildman–Crippen MR) is 261 cm³/mol. The molecule has 69 heavy (non-hydrogen) atoms. The van der Waals surface area contributed by atoms with Crippen molar-refractivity contribution in [1.82, 2.24) is 15.1 Å². The predicted octanol–water partition coefficient (Wildman–Crippen LogP) is 6.61. The zero-order valence-electron chi connectivity index (χ0n) is 41.8. The Morgan fingerprint density at radius 1 is 1.09 bits per heavy atom. The number of ether oxygens (including phenoxy) is 5. The van der Waals surface area contributed by atoms with Crippen LogP contribution in [-0.2, 0) is 33.3 Å². The van der Waals surface area contributed by atoms with Crippen molar-refractivity contribution in [3.63, 3.8) is 0 Å². The van der Waals surface area contributed by atoms with E-state index in [1.165, 1.54) is 6.92 Å². The number of aliphatic hydroxyl groups is 3. The number of hydrogen-bond donors (Lipinski definition) is 5. The van der Waals surface area contributed by atoms with Gasteiger partial charge in [0.15, 0.2) is 11.8 Å². The number of aryl methyl sites for hydroxylation is 2. The summed E-state index contributed by atoms with van der Waals surface area (Å²) >= 11 is 0. The average Bonchev–Trinajstić information content (AvgIpc) is 3.81. The van der Waals surface area contributed by atoms with Crippen molar-refractivity contribution in [2.24, 2.45) is 17.8 Å². The maximum absolute atomic E-state index is 15.6. The molecule has 2 amide bonds. The summed E-state index contributed by atoms with van der Waals surface area (Å²) in [6, 6.07) is 1.78. The Balaban J connectivity index is 0.971. The summed E-state index contributed by atoms with van der Waals surface area (Å²) in [6.07, 6.45) is 13.9. The molecule has 10 unspecified atom stereocenters. The minimum atomic E-state index is -4.00. The maximum Gasteiger partial charge on any atom is 0.737 e. The lowest BCUT2D eigenvalue weighted by Gasteiger charge is -2.32. The summed E-state index contributed by atoms with van der Waals surface area (Å²) in [7, 11) is 0. The Hall–Kier alpha value is -4.46. The Morgan fingerprint density at radius 2 is 1.80 bits per heavy atom. The standard InChI is InChI=1S/C51H77BF2N4O11/c1-9-43(60)38(7)49-44(67-49)29-33(2)13-12-14-34(3)48-35(4)17-20-45(51(8,64)22-21-41(59)32-47(62)69-48)68-50(63)56-24-26-66-28-27-65-25-23-55-46(61)16-11-10-15-39-18-19-40-31-42-36(5)30-37(6)57(42)52(53,54)58(39)40/h12-14,17-20,30-31,33,35,38,41,43-45,48-49,59-60,64H,9-11,15-16,21-29,32H2,1-8H3,(H,55,61)(H,56,63)/b13-12?,20-17+,34-14?. The van der Waals surface area contributed by atoms with Gasteiger partial charge in [0.2, 0.25) is 5.91 Å². The zero-order valence-corrected chi connectivity index (χ0v) is 41.8. The molecule has 1 aromatic rings. The van der Waals surface area contributed by atoms with Crippen molar-refractivity contribution in [3.8, 4) is 0 Å². The largest absolute Gasteiger partial charge is 0.737 e. The first-order chi connectivity index (χ1) is 32.7. The number of halogens is 2. The fourth-order valence-corrected chi connectivity index (χ4v) is 9.33. The number of allylic oxidation sites excluding steroid dienone is 5. The highest BCUT2D eigenvalue weighted by Crippen LogP contribution is 2.37. The van der Waals surface area contributed by atoms with Crippen LogP contribution in [-0.4, -0.2) is 137 Å². The topological polar surface area (TPSA) is 193 Å². The number of aliphatic hydroxyl groups excluding tert-OH is 2. The SMILES string of the molecule is CCC(O)C(C)C1OC1CC(C)C=CC=C(C)C1OC(=O)CC(O)CCC(C)(O)C(OC(=O)NCCOCCOCCNC(=O)CCCCC2=[N+]3C(=Cc4c(C)cc(C)n4[B-]3(F)F)C=C2)/C=C/C1C. The minimum Gasteiger partial charge on any atom is -0.457 e. The number of unbranched alkanes of at least 4 members (excludes halogenated alkanes) is 1. The lowest BCUT2D eigenvalue weighted by Crippen LogP contribution is -2.50. The third kappa shape index (κ3) is 15.8. The molecule has 384 valence electrons. The van der Waals surface area contributed by atoms with Crippen LogP contribution in [0.2, 0.25) is 0 Å². The third-order valence-corrected chi connectivity index (χ3v) is 13.5. The first-order valence-corrected chi connectivity index (χ1v) is 24.8. The Bertz CT molecular complexity index is 2120. The lowest BCUT2D eigenvalue weighted by molar-refractivity contribution is -0.362. The minimum absolute atomic E-state index is 0.0404. The van der Waals surface area contributed by atoms with Gasteiger partial charge in [0.25, 0.3) is 0 Å². The smallest absolute Gasteiger partial charge is 0.457 e. The number of alkyl carbamates (subject to hydrolysis) is 1. The molecule has 10 atom stereocenters. The van der Waals surface area contributed by atoms with Gasteiger partial charge in [-0.25, -0.2) is 4.79 Å². The number of rotatable bonds is 23. The summed E-state index contributed by atoms with van der Waals surface area (Å²) in [5.74, 6) is -0.801. The van der Waals surface area contributed by atoms with Gasteiger partial charge in [-0.05, 0) is 101 Å². The van der Waals surface area contributed by atoms with Crippen LogP contribution in [0.15, 0.2) is 59.9 Å². The number of carbonyl (C=O) groups excluding carboxylic acids is 3. The van der Waals surface area contributed by atoms with Gasteiger partial charge >= 0.3 is 19.0 Å². The number of fused-ring (bicyclic) bond motifs is 2. The summed E-state index contributed by atoms with van der Waals surface area (Å²) in [6.45, 7) is 12.2. The first kappa shape index (κ1) is 55.5. The molecule has 4 aliphatic heterocycles. The number of carbonyl (C=O) groups is 3. The van der Waals surface area contributed by atoms with E-state index in [0.717, 1.165) is 26.5 Å². The van der Waals surface area contributed by atoms with Crippen LogP contribution >= 0.6 is 0 Å². The Kier molecular flexibility index (Phi) is 20.6. The molecular formula is C51H77BF2N4O11. The van der Waals surface area contributed by atoms with Gasteiger partial charge in [0, 0.05) is 61.7 Å². The monoisotopic (exact) mass is 971 g/mol. The third-order valence-electron chi connectivity index (χ3n) is 13.5. The maximum atomic E-state index is 15.6. The van der Waals surface area contributed by atoms with Gasteiger partial charge in [-0.3, -0.25) is 9.59 Å². The van der Waals surface area contributed by atoms with Crippen molar-refractivity contribution >= 4 is 36.7 Å². The van der Waals surface area contributed by atoms with Crippen molar-refractivity contribution < 1.29 is 66.5 Å². The van der Waals surface area contributed by atoms with Crippen molar-refractivity contribution in [3.05, 3.63) is 76.8 Å². The van der Waals surface area contributed by atoms with Gasteiger partial charge < -0.3 is 67.2 Å². The summed E-state index contributed by atoms with van der Waals surface area (Å²) in [5, 5.41) is 37.7. The number of esters is 1. The van der Waals surface area contributed by atoms with Crippen molar-refractivity contribution in [1.29, 1.82) is 0 Å². The Labute approximate surface area is 406 Å². The molecule has 1 fully saturated rings. The zero-order chi connectivity index (χ0) is 50.5. The number of cyclic esters (lactones) is 1. The van der Waals surface area contributed by atoms with Gasteiger partial charge in [0.1, 0.15) is 17.4 Å². The fourth-order valence-electron chi connectivity index (χ4n) is 9.33. The molecule has 4 aliphatic rings. The van der Waals surface area contributed by atoms with Gasteiger partial charge in [0.05, 0.1) is 57.3 Å². The van der Waals surface area contributed by atoms with Gasteiger partial charge in [-0.15, -0.1) is 0 Å². The Morgan fingerprint density at radius 3 is 2.51 bits per heavy atom. The van der Waals surface area contributed by atoms with E-state index in [0.29, 0.717) is 55.0 Å². The highest BCUT2D eigenvalue weighted by atomic mass is 19.2. The van der Waals surface area contributed by atoms with E-state index in [-0.39, 0.29) is 101 Å². The number of aromatic nitrogens is 1. The molecule has 0 radical (unpaired) electrons. The molecule has 15 nitrogen and oxygen atoms in total. The van der Waals surface area contributed by atoms with E-state index in [2.05, 4.69) is 23.6 Å². The molecule has 0 bridgehead atoms. The van der Waals surface area contributed by atoms with Gasteiger partial charge in [-0.2, -0.15) is 0 Å². The average molecular weight is 971 g/mol. The molecule has 0 spiro atoms. The van der Waals surface area contributed by atoms with Crippen LogP contribution in [0.25, 0.3) is 6.08 Å².